The molecule has 92 valence electrons. The third-order valence-corrected chi connectivity index (χ3v) is 3.89. The van der Waals surface area contributed by atoms with Gasteiger partial charge < -0.3 is 15.2 Å². The molecule has 17 heavy (non-hydrogen) atoms. The van der Waals surface area contributed by atoms with Crippen LogP contribution in [0.25, 0.3) is 0 Å². The Balaban J connectivity index is 1.85. The SMILES string of the molecule is OC(c1cccc2c1OCC2)C1CCNCC1. The topological polar surface area (TPSA) is 41.5 Å². The summed E-state index contributed by atoms with van der Waals surface area (Å²) in [6.07, 6.45) is 2.70. The first-order valence-corrected chi connectivity index (χ1v) is 6.49. The third kappa shape index (κ3) is 2.05. The number of aliphatic hydroxyl groups is 1. The fourth-order valence-electron chi connectivity index (χ4n) is 2.89. The van der Waals surface area contributed by atoms with Crippen molar-refractivity contribution in [2.24, 2.45) is 5.92 Å². The Morgan fingerprint density at radius 3 is 2.94 bits per heavy atom. The molecule has 0 saturated carbocycles. The van der Waals surface area contributed by atoms with Crippen LogP contribution in [0.3, 0.4) is 0 Å². The lowest BCUT2D eigenvalue weighted by molar-refractivity contribution is 0.0863. The van der Waals surface area contributed by atoms with Crippen molar-refractivity contribution in [3.8, 4) is 5.75 Å². The minimum atomic E-state index is -0.370. The average molecular weight is 233 g/mol. The molecule has 1 aromatic rings. The van der Waals surface area contributed by atoms with E-state index in [1.165, 1.54) is 5.56 Å². The molecule has 0 spiro atoms. The van der Waals surface area contributed by atoms with Gasteiger partial charge in [0.2, 0.25) is 0 Å². The van der Waals surface area contributed by atoms with Crippen LogP contribution < -0.4 is 10.1 Å². The maximum Gasteiger partial charge on any atom is 0.128 e. The number of para-hydroxylation sites is 1. The maximum absolute atomic E-state index is 10.5. The molecule has 2 aliphatic rings. The Bertz CT molecular complexity index is 399. The summed E-state index contributed by atoms with van der Waals surface area (Å²) in [4.78, 5) is 0. The standard InChI is InChI=1S/C14H19NO2/c16-13(10-4-7-15-8-5-10)12-3-1-2-11-6-9-17-14(11)12/h1-3,10,13,15-16H,4-9H2. The number of piperidine rings is 1. The van der Waals surface area contributed by atoms with Crippen LogP contribution in [0.15, 0.2) is 18.2 Å². The molecule has 3 rings (SSSR count). The molecule has 2 aliphatic heterocycles. The van der Waals surface area contributed by atoms with Crippen molar-refractivity contribution >= 4 is 0 Å². The van der Waals surface area contributed by atoms with Crippen molar-refractivity contribution in [2.75, 3.05) is 19.7 Å². The Labute approximate surface area is 102 Å². The van der Waals surface area contributed by atoms with Crippen LogP contribution in [0.4, 0.5) is 0 Å². The molecule has 1 atom stereocenters. The molecule has 3 heteroatoms. The van der Waals surface area contributed by atoms with Crippen LogP contribution in [0, 0.1) is 5.92 Å². The molecule has 1 aromatic carbocycles. The first-order chi connectivity index (χ1) is 8.36. The summed E-state index contributed by atoms with van der Waals surface area (Å²) in [6.45, 7) is 2.78. The second-order valence-electron chi connectivity index (χ2n) is 4.97. The van der Waals surface area contributed by atoms with Crippen molar-refractivity contribution in [1.82, 2.24) is 5.32 Å². The summed E-state index contributed by atoms with van der Waals surface area (Å²) in [5, 5.41) is 13.8. The summed E-state index contributed by atoms with van der Waals surface area (Å²) in [6, 6.07) is 6.14. The van der Waals surface area contributed by atoms with Crippen molar-refractivity contribution < 1.29 is 9.84 Å². The summed E-state index contributed by atoms with van der Waals surface area (Å²) in [7, 11) is 0. The first kappa shape index (κ1) is 11.1. The number of benzene rings is 1. The zero-order chi connectivity index (χ0) is 11.7. The molecule has 2 heterocycles. The van der Waals surface area contributed by atoms with Gasteiger partial charge in [-0.25, -0.2) is 0 Å². The molecular weight excluding hydrogens is 214 g/mol. The van der Waals surface area contributed by atoms with Crippen molar-refractivity contribution in [1.29, 1.82) is 0 Å². The number of hydrogen-bond acceptors (Lipinski definition) is 3. The number of rotatable bonds is 2. The van der Waals surface area contributed by atoms with E-state index in [2.05, 4.69) is 11.4 Å². The molecule has 0 amide bonds. The zero-order valence-electron chi connectivity index (χ0n) is 9.98. The second-order valence-corrected chi connectivity index (χ2v) is 4.97. The number of fused-ring (bicyclic) bond motifs is 1. The van der Waals surface area contributed by atoms with E-state index in [9.17, 15) is 5.11 Å². The number of aliphatic hydroxyl groups excluding tert-OH is 1. The minimum Gasteiger partial charge on any atom is -0.493 e. The van der Waals surface area contributed by atoms with Gasteiger partial charge in [-0.1, -0.05) is 18.2 Å². The van der Waals surface area contributed by atoms with Crippen LogP contribution in [0.1, 0.15) is 30.1 Å². The Hall–Kier alpha value is -1.06. The maximum atomic E-state index is 10.5. The Morgan fingerprint density at radius 1 is 1.29 bits per heavy atom. The van der Waals surface area contributed by atoms with Crippen LogP contribution in [-0.2, 0) is 6.42 Å². The van der Waals surface area contributed by atoms with E-state index in [1.807, 2.05) is 12.1 Å². The monoisotopic (exact) mass is 233 g/mol. The van der Waals surface area contributed by atoms with Gasteiger partial charge in [-0.15, -0.1) is 0 Å². The van der Waals surface area contributed by atoms with E-state index >= 15 is 0 Å². The van der Waals surface area contributed by atoms with Gasteiger partial charge in [-0.2, -0.15) is 0 Å². The van der Waals surface area contributed by atoms with Gasteiger partial charge in [0.15, 0.2) is 0 Å². The lowest BCUT2D eigenvalue weighted by Crippen LogP contribution is -2.30. The van der Waals surface area contributed by atoms with Gasteiger partial charge in [0.05, 0.1) is 12.7 Å². The highest BCUT2D eigenvalue weighted by Crippen LogP contribution is 2.38. The summed E-state index contributed by atoms with van der Waals surface area (Å²) >= 11 is 0. The zero-order valence-corrected chi connectivity index (χ0v) is 9.98. The molecule has 1 unspecified atom stereocenters. The highest BCUT2D eigenvalue weighted by molar-refractivity contribution is 5.45. The third-order valence-electron chi connectivity index (χ3n) is 3.89. The van der Waals surface area contributed by atoms with Crippen LogP contribution in [-0.4, -0.2) is 24.8 Å². The molecule has 3 nitrogen and oxygen atoms in total. The van der Waals surface area contributed by atoms with E-state index in [1.54, 1.807) is 0 Å². The molecular formula is C14H19NO2. The summed E-state index contributed by atoms with van der Waals surface area (Å²) in [5.74, 6) is 1.31. The molecule has 0 bridgehead atoms. The first-order valence-electron chi connectivity index (χ1n) is 6.49. The quantitative estimate of drug-likeness (QED) is 0.816. The fourth-order valence-corrected chi connectivity index (χ4v) is 2.89. The fraction of sp³-hybridized carbons (Fsp3) is 0.571. The van der Waals surface area contributed by atoms with E-state index in [0.29, 0.717) is 5.92 Å². The van der Waals surface area contributed by atoms with Crippen LogP contribution in [0.2, 0.25) is 0 Å². The molecule has 1 saturated heterocycles. The molecule has 1 fully saturated rings. The van der Waals surface area contributed by atoms with E-state index in [0.717, 1.165) is 50.3 Å². The number of ether oxygens (including phenoxy) is 1. The van der Waals surface area contributed by atoms with Gasteiger partial charge in [0.25, 0.3) is 0 Å². The number of nitrogens with one attached hydrogen (secondary N) is 1. The van der Waals surface area contributed by atoms with Crippen molar-refractivity contribution in [3.05, 3.63) is 29.3 Å². The lowest BCUT2D eigenvalue weighted by atomic mass is 9.87. The van der Waals surface area contributed by atoms with E-state index in [4.69, 9.17) is 4.74 Å². The Morgan fingerprint density at radius 2 is 2.12 bits per heavy atom. The van der Waals surface area contributed by atoms with Crippen molar-refractivity contribution in [2.45, 2.75) is 25.4 Å². The molecule has 0 radical (unpaired) electrons. The van der Waals surface area contributed by atoms with E-state index < -0.39 is 0 Å². The van der Waals surface area contributed by atoms with Gasteiger partial charge >= 0.3 is 0 Å². The van der Waals surface area contributed by atoms with Crippen LogP contribution in [0.5, 0.6) is 5.75 Å². The number of hydrogen-bond donors (Lipinski definition) is 2. The molecule has 0 aliphatic carbocycles. The van der Waals surface area contributed by atoms with Gasteiger partial charge in [-0.3, -0.25) is 0 Å². The van der Waals surface area contributed by atoms with Gasteiger partial charge in [-0.05, 0) is 37.4 Å². The molecule has 2 N–H and O–H groups in total. The highest BCUT2D eigenvalue weighted by atomic mass is 16.5. The molecule has 0 aromatic heterocycles. The predicted molar refractivity (Wildman–Crippen MR) is 66.2 cm³/mol. The second kappa shape index (κ2) is 4.67. The van der Waals surface area contributed by atoms with Gasteiger partial charge in [0.1, 0.15) is 5.75 Å². The van der Waals surface area contributed by atoms with Gasteiger partial charge in [0, 0.05) is 12.0 Å². The lowest BCUT2D eigenvalue weighted by Gasteiger charge is -2.28. The minimum absolute atomic E-state index is 0.368. The van der Waals surface area contributed by atoms with Crippen LogP contribution >= 0.6 is 0 Å². The van der Waals surface area contributed by atoms with Crippen molar-refractivity contribution in [3.63, 3.8) is 0 Å². The Kier molecular flexibility index (Phi) is 3.04. The smallest absolute Gasteiger partial charge is 0.128 e. The highest BCUT2D eigenvalue weighted by Gasteiger charge is 2.27. The predicted octanol–water partition coefficient (Wildman–Crippen LogP) is 1.65. The summed E-state index contributed by atoms with van der Waals surface area (Å²) < 4.78 is 5.67. The van der Waals surface area contributed by atoms with E-state index in [-0.39, 0.29) is 6.10 Å². The summed E-state index contributed by atoms with van der Waals surface area (Å²) in [5.41, 5.74) is 2.24. The average Bonchev–Trinajstić information content (AvgIpc) is 2.87. The normalized spacial score (nSPS) is 21.9. The largest absolute Gasteiger partial charge is 0.493 e.